The van der Waals surface area contributed by atoms with Gasteiger partial charge in [0.1, 0.15) is 0 Å². The van der Waals surface area contributed by atoms with Crippen LogP contribution in [0.1, 0.15) is 48.4 Å². The highest BCUT2D eigenvalue weighted by Crippen LogP contribution is 2.32. The molecule has 1 N–H and O–H groups in total. The normalized spacial score (nSPS) is 20.5. The summed E-state index contributed by atoms with van der Waals surface area (Å²) in [5, 5.41) is 8.88. The van der Waals surface area contributed by atoms with Crippen LogP contribution in [0, 0.1) is 13.8 Å². The Morgan fingerprint density at radius 3 is 2.56 bits per heavy atom. The number of aryl methyl sites for hydroxylation is 2. The van der Waals surface area contributed by atoms with Gasteiger partial charge in [0.05, 0.1) is 0 Å². The maximum atomic E-state index is 8.88. The molecule has 2 heteroatoms. The summed E-state index contributed by atoms with van der Waals surface area (Å²) < 4.78 is 0. The number of nitrogens with zero attached hydrogens (tertiary/aromatic N) is 1. The first-order valence-corrected chi connectivity index (χ1v) is 7.14. The standard InChI is InChI=1S/C16H25NO/c1-13-10-14(2)12-15(11-13)16-6-5-8-17(16)7-3-4-9-18/h10-12,16,18H,3-9H2,1-2H3. The molecule has 1 saturated heterocycles. The molecule has 1 aromatic rings. The SMILES string of the molecule is Cc1cc(C)cc(C2CCCN2CCCCO)c1. The highest BCUT2D eigenvalue weighted by molar-refractivity contribution is 5.31. The molecule has 1 atom stereocenters. The van der Waals surface area contributed by atoms with Crippen molar-refractivity contribution in [2.45, 2.75) is 45.6 Å². The van der Waals surface area contributed by atoms with E-state index < -0.39 is 0 Å². The van der Waals surface area contributed by atoms with Crippen molar-refractivity contribution in [1.29, 1.82) is 0 Å². The minimum absolute atomic E-state index is 0.321. The molecule has 1 aromatic carbocycles. The van der Waals surface area contributed by atoms with Crippen LogP contribution in [0.2, 0.25) is 0 Å². The van der Waals surface area contributed by atoms with E-state index in [4.69, 9.17) is 5.11 Å². The molecule has 0 amide bonds. The number of aliphatic hydroxyl groups is 1. The van der Waals surface area contributed by atoms with Crippen LogP contribution in [-0.2, 0) is 0 Å². The number of likely N-dealkylation sites (tertiary alicyclic amines) is 1. The minimum Gasteiger partial charge on any atom is -0.396 e. The van der Waals surface area contributed by atoms with E-state index in [9.17, 15) is 0 Å². The molecule has 1 unspecified atom stereocenters. The van der Waals surface area contributed by atoms with Crippen LogP contribution in [0.3, 0.4) is 0 Å². The molecule has 1 heterocycles. The topological polar surface area (TPSA) is 23.5 Å². The first-order chi connectivity index (χ1) is 8.70. The fourth-order valence-electron chi connectivity index (χ4n) is 3.10. The van der Waals surface area contributed by atoms with E-state index in [1.807, 2.05) is 0 Å². The zero-order chi connectivity index (χ0) is 13.0. The van der Waals surface area contributed by atoms with Gasteiger partial charge in [0.2, 0.25) is 0 Å². The average Bonchev–Trinajstić information content (AvgIpc) is 2.76. The smallest absolute Gasteiger partial charge is 0.0431 e. The maximum absolute atomic E-state index is 8.88. The lowest BCUT2D eigenvalue weighted by molar-refractivity contribution is 0.231. The first kappa shape index (κ1) is 13.6. The maximum Gasteiger partial charge on any atom is 0.0431 e. The van der Waals surface area contributed by atoms with Crippen molar-refractivity contribution in [2.75, 3.05) is 19.7 Å². The largest absolute Gasteiger partial charge is 0.396 e. The lowest BCUT2D eigenvalue weighted by atomic mass is 9.99. The molecule has 0 saturated carbocycles. The molecule has 0 spiro atoms. The van der Waals surface area contributed by atoms with Crippen molar-refractivity contribution in [3.8, 4) is 0 Å². The van der Waals surface area contributed by atoms with E-state index in [-0.39, 0.29) is 0 Å². The van der Waals surface area contributed by atoms with Gasteiger partial charge in [-0.3, -0.25) is 4.90 Å². The van der Waals surface area contributed by atoms with E-state index in [1.165, 1.54) is 36.1 Å². The van der Waals surface area contributed by atoms with Crippen LogP contribution in [0.15, 0.2) is 18.2 Å². The molecule has 0 bridgehead atoms. The van der Waals surface area contributed by atoms with Gasteiger partial charge >= 0.3 is 0 Å². The van der Waals surface area contributed by atoms with Gasteiger partial charge in [0.25, 0.3) is 0 Å². The van der Waals surface area contributed by atoms with Crippen molar-refractivity contribution in [1.82, 2.24) is 4.90 Å². The fraction of sp³-hybridized carbons (Fsp3) is 0.625. The zero-order valence-electron chi connectivity index (χ0n) is 11.7. The summed E-state index contributed by atoms with van der Waals surface area (Å²) in [6, 6.07) is 7.51. The molecule has 0 aromatic heterocycles. The number of hydrogen-bond acceptors (Lipinski definition) is 2. The van der Waals surface area contributed by atoms with Gasteiger partial charge in [-0.1, -0.05) is 29.3 Å². The van der Waals surface area contributed by atoms with Gasteiger partial charge in [-0.25, -0.2) is 0 Å². The van der Waals surface area contributed by atoms with Gasteiger partial charge in [0, 0.05) is 12.6 Å². The Kier molecular flexibility index (Phi) is 4.79. The highest BCUT2D eigenvalue weighted by atomic mass is 16.2. The van der Waals surface area contributed by atoms with Crippen LogP contribution in [-0.4, -0.2) is 29.7 Å². The predicted octanol–water partition coefficient (Wildman–Crippen LogP) is 3.21. The molecule has 1 fully saturated rings. The monoisotopic (exact) mass is 247 g/mol. The lowest BCUT2D eigenvalue weighted by Crippen LogP contribution is -2.24. The fourth-order valence-corrected chi connectivity index (χ4v) is 3.10. The summed E-state index contributed by atoms with van der Waals surface area (Å²) in [6.45, 7) is 7.02. The molecule has 0 aliphatic carbocycles. The molecule has 2 nitrogen and oxygen atoms in total. The van der Waals surface area contributed by atoms with Crippen LogP contribution < -0.4 is 0 Å². The van der Waals surface area contributed by atoms with E-state index in [1.54, 1.807) is 0 Å². The van der Waals surface area contributed by atoms with E-state index >= 15 is 0 Å². The molecule has 1 aliphatic rings. The highest BCUT2D eigenvalue weighted by Gasteiger charge is 2.25. The quantitative estimate of drug-likeness (QED) is 0.808. The molecular weight excluding hydrogens is 222 g/mol. The van der Waals surface area contributed by atoms with Crippen molar-refractivity contribution in [3.63, 3.8) is 0 Å². The molecule has 1 aliphatic heterocycles. The second-order valence-electron chi connectivity index (χ2n) is 5.55. The third-order valence-electron chi connectivity index (χ3n) is 3.85. The third-order valence-corrected chi connectivity index (χ3v) is 3.85. The van der Waals surface area contributed by atoms with Crippen molar-refractivity contribution < 1.29 is 5.11 Å². The summed E-state index contributed by atoms with van der Waals surface area (Å²) in [6.07, 6.45) is 4.62. The number of rotatable bonds is 5. The Morgan fingerprint density at radius 2 is 1.89 bits per heavy atom. The second-order valence-corrected chi connectivity index (χ2v) is 5.55. The van der Waals surface area contributed by atoms with Crippen molar-refractivity contribution in [3.05, 3.63) is 34.9 Å². The number of hydrogen-bond donors (Lipinski definition) is 1. The van der Waals surface area contributed by atoms with Gasteiger partial charge in [-0.05, 0) is 58.2 Å². The Balaban J connectivity index is 2.05. The Hall–Kier alpha value is -0.860. The zero-order valence-corrected chi connectivity index (χ0v) is 11.7. The third kappa shape index (κ3) is 3.33. The lowest BCUT2D eigenvalue weighted by Gasteiger charge is -2.25. The van der Waals surface area contributed by atoms with E-state index in [0.717, 1.165) is 19.4 Å². The van der Waals surface area contributed by atoms with Crippen LogP contribution in [0.25, 0.3) is 0 Å². The van der Waals surface area contributed by atoms with Crippen LogP contribution in [0.4, 0.5) is 0 Å². The van der Waals surface area contributed by atoms with Crippen molar-refractivity contribution >= 4 is 0 Å². The van der Waals surface area contributed by atoms with Crippen LogP contribution in [0.5, 0.6) is 0 Å². The first-order valence-electron chi connectivity index (χ1n) is 7.14. The van der Waals surface area contributed by atoms with Gasteiger partial charge in [0.15, 0.2) is 0 Å². The Labute approximate surface area is 111 Å². The van der Waals surface area contributed by atoms with Crippen molar-refractivity contribution in [2.24, 2.45) is 0 Å². The summed E-state index contributed by atoms with van der Waals surface area (Å²) >= 11 is 0. The summed E-state index contributed by atoms with van der Waals surface area (Å²) in [4.78, 5) is 2.59. The summed E-state index contributed by atoms with van der Waals surface area (Å²) in [5.74, 6) is 0. The Morgan fingerprint density at radius 1 is 1.17 bits per heavy atom. The van der Waals surface area contributed by atoms with E-state index in [2.05, 4.69) is 36.9 Å². The molecule has 18 heavy (non-hydrogen) atoms. The van der Waals surface area contributed by atoms with E-state index in [0.29, 0.717) is 12.6 Å². The van der Waals surface area contributed by atoms with Gasteiger partial charge in [-0.15, -0.1) is 0 Å². The predicted molar refractivity (Wildman–Crippen MR) is 75.8 cm³/mol. The average molecular weight is 247 g/mol. The van der Waals surface area contributed by atoms with Gasteiger partial charge < -0.3 is 5.11 Å². The minimum atomic E-state index is 0.321. The molecule has 0 radical (unpaired) electrons. The number of benzene rings is 1. The molecule has 100 valence electrons. The number of aliphatic hydroxyl groups excluding tert-OH is 1. The summed E-state index contributed by atoms with van der Waals surface area (Å²) in [7, 11) is 0. The Bertz CT molecular complexity index is 368. The van der Waals surface area contributed by atoms with Crippen LogP contribution >= 0.6 is 0 Å². The second kappa shape index (κ2) is 6.35. The summed E-state index contributed by atoms with van der Waals surface area (Å²) in [5.41, 5.74) is 4.22. The molecular formula is C16H25NO. The van der Waals surface area contributed by atoms with Gasteiger partial charge in [-0.2, -0.15) is 0 Å². The number of unbranched alkanes of at least 4 members (excludes halogenated alkanes) is 1. The molecule has 2 rings (SSSR count).